The summed E-state index contributed by atoms with van der Waals surface area (Å²) >= 11 is 1.60. The van der Waals surface area contributed by atoms with Crippen LogP contribution in [0.4, 0.5) is 13.2 Å². The second-order valence-electron chi connectivity index (χ2n) is 5.42. The van der Waals surface area contributed by atoms with E-state index in [4.69, 9.17) is 19.1 Å². The second-order valence-corrected chi connectivity index (χ2v) is 6.47. The number of rotatable bonds is 7. The molecule has 1 aromatic carbocycles. The maximum Gasteiger partial charge on any atom is 0.417 e. The number of aromatic nitrogens is 1. The molecular weight excluding hydrogens is 395 g/mol. The van der Waals surface area contributed by atoms with Crippen molar-refractivity contribution in [2.24, 2.45) is 0 Å². The summed E-state index contributed by atoms with van der Waals surface area (Å²) in [4.78, 5) is 21.0. The predicted octanol–water partition coefficient (Wildman–Crippen LogP) is 4.56. The van der Waals surface area contributed by atoms with Gasteiger partial charge in [0.05, 0.1) is 12.7 Å². The van der Waals surface area contributed by atoms with Crippen molar-refractivity contribution in [1.29, 1.82) is 0 Å². The average Bonchev–Trinajstić information content (AvgIpc) is 2.65. The molecule has 0 saturated carbocycles. The van der Waals surface area contributed by atoms with Crippen molar-refractivity contribution in [2.45, 2.75) is 18.0 Å². The number of halogens is 3. The zero-order chi connectivity index (χ0) is 21.2. The quantitative estimate of drug-likeness (QED) is 0.490. The monoisotopic (exact) mass is 413 g/mol. The number of thioether (sulfide) groups is 1. The summed E-state index contributed by atoms with van der Waals surface area (Å²) in [6.45, 7) is 6.08. The first-order valence-corrected chi connectivity index (χ1v) is 8.79. The second kappa shape index (κ2) is 11.2. The molecule has 0 aliphatic rings. The Morgan fingerprint density at radius 1 is 1.25 bits per heavy atom. The van der Waals surface area contributed by atoms with Crippen LogP contribution >= 0.6 is 11.8 Å². The maximum absolute atomic E-state index is 12.5. The van der Waals surface area contributed by atoms with Gasteiger partial charge in [-0.3, -0.25) is 0 Å². The van der Waals surface area contributed by atoms with Crippen LogP contribution in [0.2, 0.25) is 0 Å². The van der Waals surface area contributed by atoms with Gasteiger partial charge in [-0.1, -0.05) is 6.58 Å². The molecule has 0 fully saturated rings. The van der Waals surface area contributed by atoms with Crippen molar-refractivity contribution in [3.8, 4) is 11.6 Å². The third kappa shape index (κ3) is 7.85. The Kier molecular flexibility index (Phi) is 9.27. The van der Waals surface area contributed by atoms with Crippen LogP contribution in [0.5, 0.6) is 11.6 Å². The van der Waals surface area contributed by atoms with Crippen LogP contribution in [0.1, 0.15) is 11.1 Å². The van der Waals surface area contributed by atoms with Crippen LogP contribution in [0.25, 0.3) is 0 Å². The van der Waals surface area contributed by atoms with Crippen LogP contribution in [0.15, 0.2) is 53.6 Å². The first-order valence-electron chi connectivity index (χ1n) is 7.80. The Morgan fingerprint density at radius 2 is 1.93 bits per heavy atom. The Hall–Kier alpha value is -2.77. The Balaban J connectivity index is 0.00000122. The Labute approximate surface area is 164 Å². The molecule has 28 heavy (non-hydrogen) atoms. The molecule has 0 N–H and O–H groups in total. The van der Waals surface area contributed by atoms with Crippen molar-refractivity contribution in [2.75, 3.05) is 19.5 Å². The molecule has 5 nitrogen and oxygen atoms in total. The minimum atomic E-state index is -4.40. The highest BCUT2D eigenvalue weighted by Crippen LogP contribution is 2.29. The number of pyridine rings is 1. The van der Waals surface area contributed by atoms with Gasteiger partial charge in [-0.2, -0.15) is 22.8 Å². The minimum Gasteiger partial charge on any atom is -0.496 e. The molecule has 150 valence electrons. The van der Waals surface area contributed by atoms with Gasteiger partial charge in [0.2, 0.25) is 5.88 Å². The number of methoxy groups -OCH3 is 1. The van der Waals surface area contributed by atoms with Crippen LogP contribution in [-0.2, 0) is 15.8 Å². The highest BCUT2D eigenvalue weighted by molar-refractivity contribution is 7.99. The summed E-state index contributed by atoms with van der Waals surface area (Å²) in [6, 6.07) is 8.04. The van der Waals surface area contributed by atoms with E-state index in [2.05, 4.69) is 11.6 Å². The summed E-state index contributed by atoms with van der Waals surface area (Å²) in [5.74, 6) is 1.60. The van der Waals surface area contributed by atoms with Crippen LogP contribution in [0.3, 0.4) is 0 Å². The van der Waals surface area contributed by atoms with E-state index in [1.165, 1.54) is 6.07 Å². The molecular formula is C19H18F3NO4S. The maximum atomic E-state index is 12.5. The molecule has 1 heterocycles. The number of carbonyl (C=O) groups excluding carboxylic acids is 2. The molecule has 0 radical (unpaired) electrons. The van der Waals surface area contributed by atoms with Crippen molar-refractivity contribution in [1.82, 2.24) is 4.98 Å². The van der Waals surface area contributed by atoms with Gasteiger partial charge in [0.25, 0.3) is 0 Å². The number of alkyl halides is 3. The number of aryl methyl sites for hydroxylation is 1. The number of benzene rings is 1. The van der Waals surface area contributed by atoms with Gasteiger partial charge >= 0.3 is 12.3 Å². The van der Waals surface area contributed by atoms with Crippen molar-refractivity contribution in [3.63, 3.8) is 0 Å². The first-order chi connectivity index (χ1) is 13.2. The van der Waals surface area contributed by atoms with E-state index in [0.29, 0.717) is 5.75 Å². The first kappa shape index (κ1) is 23.3. The number of hydrogen-bond acceptors (Lipinski definition) is 6. The van der Waals surface area contributed by atoms with E-state index in [0.717, 1.165) is 34.0 Å². The number of ether oxygens (including phenoxy) is 2. The number of hydrogen-bond donors (Lipinski definition) is 0. The van der Waals surface area contributed by atoms with Gasteiger partial charge in [-0.15, -0.1) is 11.8 Å². The van der Waals surface area contributed by atoms with Crippen molar-refractivity contribution in [3.05, 3.63) is 59.8 Å². The van der Waals surface area contributed by atoms with Gasteiger partial charge in [-0.05, 0) is 42.3 Å². The van der Waals surface area contributed by atoms with Crippen LogP contribution in [0, 0.1) is 6.92 Å². The van der Waals surface area contributed by atoms with E-state index in [9.17, 15) is 13.2 Å². The molecule has 0 amide bonds. The summed E-state index contributed by atoms with van der Waals surface area (Å²) in [5.41, 5.74) is 1.05. The lowest BCUT2D eigenvalue weighted by molar-refractivity contribution is -0.191. The molecule has 0 aliphatic heterocycles. The molecule has 2 aromatic rings. The van der Waals surface area contributed by atoms with Crippen molar-refractivity contribution >= 4 is 17.9 Å². The Bertz CT molecular complexity index is 817. The molecule has 0 aliphatic carbocycles. The molecule has 9 heteroatoms. The highest BCUT2D eigenvalue weighted by atomic mass is 32.2. The van der Waals surface area contributed by atoms with E-state index in [1.54, 1.807) is 18.9 Å². The largest absolute Gasteiger partial charge is 0.496 e. The summed E-state index contributed by atoms with van der Waals surface area (Å²) < 4.78 is 48.0. The fourth-order valence-electron chi connectivity index (χ4n) is 1.98. The van der Waals surface area contributed by atoms with Gasteiger partial charge in [0, 0.05) is 22.9 Å². The fraction of sp³-hybridized carbons (Fsp3) is 0.263. The third-order valence-electron chi connectivity index (χ3n) is 3.30. The van der Waals surface area contributed by atoms with Crippen LogP contribution < -0.4 is 9.47 Å². The minimum absolute atomic E-state index is 0.138. The predicted molar refractivity (Wildman–Crippen MR) is 97.3 cm³/mol. The summed E-state index contributed by atoms with van der Waals surface area (Å²) in [6.07, 6.45) is -3.39. The smallest absolute Gasteiger partial charge is 0.417 e. The van der Waals surface area contributed by atoms with E-state index in [-0.39, 0.29) is 18.6 Å². The molecule has 0 unspecified atom stereocenters. The van der Waals surface area contributed by atoms with E-state index >= 15 is 0 Å². The fourth-order valence-corrected chi connectivity index (χ4v) is 2.86. The van der Waals surface area contributed by atoms with Gasteiger partial charge < -0.3 is 9.47 Å². The van der Waals surface area contributed by atoms with E-state index in [1.807, 2.05) is 25.1 Å². The van der Waals surface area contributed by atoms with E-state index < -0.39 is 11.7 Å². The standard InChI is InChI=1S/C18H18F3NO2S.CO2/c1-12(11-25-15-5-6-16(23-3)13(2)8-15)10-24-17-7-4-14(9-22-17)18(19,20)21;2-1-3/h4-9H,1,10-11H2,2-3H3;. The number of nitrogens with zero attached hydrogens (tertiary/aromatic N) is 1. The normalized spacial score (nSPS) is 10.3. The lowest BCUT2D eigenvalue weighted by Crippen LogP contribution is -2.07. The molecule has 1 aromatic heterocycles. The van der Waals surface area contributed by atoms with Crippen LogP contribution in [-0.4, -0.2) is 30.6 Å². The highest BCUT2D eigenvalue weighted by Gasteiger charge is 2.30. The van der Waals surface area contributed by atoms with Crippen molar-refractivity contribution < 1.29 is 32.2 Å². The lowest BCUT2D eigenvalue weighted by atomic mass is 10.2. The molecule has 2 rings (SSSR count). The zero-order valence-electron chi connectivity index (χ0n) is 15.2. The summed E-state index contributed by atoms with van der Waals surface area (Å²) in [7, 11) is 1.63. The topological polar surface area (TPSA) is 65.5 Å². The van der Waals surface area contributed by atoms with Gasteiger partial charge in [0.15, 0.2) is 0 Å². The molecule has 0 atom stereocenters. The van der Waals surface area contributed by atoms with Gasteiger partial charge in [-0.25, -0.2) is 4.98 Å². The van der Waals surface area contributed by atoms with Gasteiger partial charge in [0.1, 0.15) is 12.4 Å². The molecule has 0 saturated heterocycles. The lowest BCUT2D eigenvalue weighted by Gasteiger charge is -2.10. The third-order valence-corrected chi connectivity index (χ3v) is 4.44. The zero-order valence-corrected chi connectivity index (χ0v) is 16.0. The Morgan fingerprint density at radius 3 is 2.43 bits per heavy atom. The molecule has 0 spiro atoms. The molecule has 0 bridgehead atoms. The SMILES string of the molecule is C=C(COc1ccc(C(F)(F)F)cn1)CSc1ccc(OC)c(C)c1.O=C=O. The average molecular weight is 413 g/mol. The summed E-state index contributed by atoms with van der Waals surface area (Å²) in [5, 5.41) is 0.